The van der Waals surface area contributed by atoms with Gasteiger partial charge in [-0.2, -0.15) is 0 Å². The fourth-order valence-corrected chi connectivity index (χ4v) is 2.48. The highest BCUT2D eigenvalue weighted by Crippen LogP contribution is 2.26. The molecular weight excluding hydrogens is 278 g/mol. The molecule has 20 heavy (non-hydrogen) atoms. The Hall–Kier alpha value is -1.07. The first-order valence-corrected chi connectivity index (χ1v) is 7.46. The molecule has 1 heterocycles. The maximum absolute atomic E-state index is 11.8. The predicted molar refractivity (Wildman–Crippen MR) is 77.8 cm³/mol. The van der Waals surface area contributed by atoms with Gasteiger partial charge in [-0.25, -0.2) is 0 Å². The molecule has 1 aromatic rings. The minimum absolute atomic E-state index is 0.0395. The molecule has 1 amide bonds. The molecule has 1 fully saturated rings. The molecular formula is C14H22ClN3O2. The smallest absolute Gasteiger partial charge is 0.229 e. The van der Waals surface area contributed by atoms with E-state index in [0.29, 0.717) is 31.5 Å². The van der Waals surface area contributed by atoms with E-state index in [1.54, 1.807) is 0 Å². The molecule has 1 saturated carbocycles. The third kappa shape index (κ3) is 3.96. The van der Waals surface area contributed by atoms with Crippen LogP contribution >= 0.6 is 11.6 Å². The van der Waals surface area contributed by atoms with Gasteiger partial charge in [-0.05, 0) is 51.8 Å². The Morgan fingerprint density at radius 3 is 2.85 bits per heavy atom. The minimum Gasteiger partial charge on any atom is -0.355 e. The lowest BCUT2D eigenvalue weighted by Gasteiger charge is -2.24. The largest absolute Gasteiger partial charge is 0.355 e. The summed E-state index contributed by atoms with van der Waals surface area (Å²) in [7, 11) is 2.12. The van der Waals surface area contributed by atoms with E-state index in [9.17, 15) is 4.79 Å². The zero-order valence-corrected chi connectivity index (χ0v) is 13.0. The van der Waals surface area contributed by atoms with Gasteiger partial charge in [0.25, 0.3) is 0 Å². The molecule has 0 aliphatic heterocycles. The standard InChI is InChI=1S/C14H22ClN3O2/c1-9(18(3)11-4-5-11)8-16-13(19)7-6-12-10(2)17-20-14(12)15/h9,11H,4-8H2,1-3H3,(H,16,19). The van der Waals surface area contributed by atoms with Crippen LogP contribution in [-0.4, -0.2) is 41.6 Å². The van der Waals surface area contributed by atoms with Gasteiger partial charge in [0.1, 0.15) is 0 Å². The average Bonchev–Trinajstić information content (AvgIpc) is 3.21. The molecule has 1 aliphatic rings. The summed E-state index contributed by atoms with van der Waals surface area (Å²) in [6.07, 6.45) is 3.52. The van der Waals surface area contributed by atoms with Crippen LogP contribution in [0.25, 0.3) is 0 Å². The number of nitrogens with zero attached hydrogens (tertiary/aromatic N) is 2. The van der Waals surface area contributed by atoms with Crippen LogP contribution in [0.5, 0.6) is 0 Å². The molecule has 1 unspecified atom stereocenters. The van der Waals surface area contributed by atoms with Gasteiger partial charge in [-0.3, -0.25) is 9.69 Å². The van der Waals surface area contributed by atoms with Crippen molar-refractivity contribution in [2.75, 3.05) is 13.6 Å². The minimum atomic E-state index is 0.0395. The van der Waals surface area contributed by atoms with Gasteiger partial charge in [0.15, 0.2) is 0 Å². The first-order valence-electron chi connectivity index (χ1n) is 7.08. The Balaban J connectivity index is 1.70. The lowest BCUT2D eigenvalue weighted by molar-refractivity contribution is -0.121. The second-order valence-electron chi connectivity index (χ2n) is 5.57. The van der Waals surface area contributed by atoms with Crippen LogP contribution in [0, 0.1) is 6.92 Å². The number of hydrogen-bond acceptors (Lipinski definition) is 4. The maximum atomic E-state index is 11.8. The van der Waals surface area contributed by atoms with Gasteiger partial charge in [-0.15, -0.1) is 0 Å². The summed E-state index contributed by atoms with van der Waals surface area (Å²) in [5.41, 5.74) is 1.58. The number of hydrogen-bond donors (Lipinski definition) is 1. The first-order chi connectivity index (χ1) is 9.49. The molecule has 2 rings (SSSR count). The van der Waals surface area contributed by atoms with E-state index in [2.05, 4.69) is 29.3 Å². The van der Waals surface area contributed by atoms with Gasteiger partial charge in [-0.1, -0.05) is 5.16 Å². The molecule has 1 atom stereocenters. The molecule has 5 nitrogen and oxygen atoms in total. The Morgan fingerprint density at radius 1 is 1.60 bits per heavy atom. The van der Waals surface area contributed by atoms with Crippen molar-refractivity contribution in [2.24, 2.45) is 0 Å². The predicted octanol–water partition coefficient (Wildman–Crippen LogP) is 2.17. The number of amides is 1. The Labute approximate surface area is 124 Å². The number of nitrogens with one attached hydrogen (secondary N) is 1. The van der Waals surface area contributed by atoms with E-state index in [0.717, 1.165) is 11.3 Å². The van der Waals surface area contributed by atoms with E-state index in [1.807, 2.05) is 6.92 Å². The van der Waals surface area contributed by atoms with Crippen LogP contribution < -0.4 is 5.32 Å². The Morgan fingerprint density at radius 2 is 2.30 bits per heavy atom. The quantitative estimate of drug-likeness (QED) is 0.838. The number of likely N-dealkylation sites (N-methyl/N-ethyl adjacent to an activating group) is 1. The van der Waals surface area contributed by atoms with Crippen molar-refractivity contribution in [3.63, 3.8) is 0 Å². The van der Waals surface area contributed by atoms with Crippen LogP contribution in [0.3, 0.4) is 0 Å². The van der Waals surface area contributed by atoms with Crippen molar-refractivity contribution in [2.45, 2.75) is 51.6 Å². The van der Waals surface area contributed by atoms with Crippen molar-refractivity contribution in [1.82, 2.24) is 15.4 Å². The van der Waals surface area contributed by atoms with E-state index in [4.69, 9.17) is 16.1 Å². The van der Waals surface area contributed by atoms with Crippen molar-refractivity contribution in [1.29, 1.82) is 0 Å². The van der Waals surface area contributed by atoms with Crippen molar-refractivity contribution in [3.05, 3.63) is 16.5 Å². The van der Waals surface area contributed by atoms with E-state index in [-0.39, 0.29) is 11.1 Å². The molecule has 1 N–H and O–H groups in total. The summed E-state index contributed by atoms with van der Waals surface area (Å²) in [4.78, 5) is 14.2. The Kier molecular flexibility index (Phi) is 5.05. The molecule has 0 bridgehead atoms. The summed E-state index contributed by atoms with van der Waals surface area (Å²) < 4.78 is 4.87. The summed E-state index contributed by atoms with van der Waals surface area (Å²) in [5.74, 6) is 0.0395. The summed E-state index contributed by atoms with van der Waals surface area (Å²) in [5, 5.41) is 7.03. The number of carbonyl (C=O) groups excluding carboxylic acids is 1. The van der Waals surface area contributed by atoms with Crippen LogP contribution in [0.1, 0.15) is 37.4 Å². The zero-order chi connectivity index (χ0) is 14.7. The fourth-order valence-electron chi connectivity index (χ4n) is 2.21. The monoisotopic (exact) mass is 299 g/mol. The van der Waals surface area contributed by atoms with Gasteiger partial charge in [0.05, 0.1) is 5.69 Å². The number of aryl methyl sites for hydroxylation is 1. The van der Waals surface area contributed by atoms with Crippen molar-refractivity contribution >= 4 is 17.5 Å². The highest BCUT2D eigenvalue weighted by atomic mass is 35.5. The molecule has 6 heteroatoms. The van der Waals surface area contributed by atoms with Gasteiger partial charge in [0, 0.05) is 30.6 Å². The second kappa shape index (κ2) is 6.59. The third-order valence-electron chi connectivity index (χ3n) is 3.95. The maximum Gasteiger partial charge on any atom is 0.229 e. The molecule has 0 aromatic carbocycles. The van der Waals surface area contributed by atoms with Crippen LogP contribution in [-0.2, 0) is 11.2 Å². The summed E-state index contributed by atoms with van der Waals surface area (Å²) in [6, 6.07) is 1.08. The first kappa shape index (κ1) is 15.3. The fraction of sp³-hybridized carbons (Fsp3) is 0.714. The second-order valence-corrected chi connectivity index (χ2v) is 5.91. The summed E-state index contributed by atoms with van der Waals surface area (Å²) >= 11 is 5.87. The van der Waals surface area contributed by atoms with Crippen LogP contribution in [0.2, 0.25) is 5.22 Å². The van der Waals surface area contributed by atoms with E-state index < -0.39 is 0 Å². The lowest BCUT2D eigenvalue weighted by Crippen LogP contribution is -2.41. The van der Waals surface area contributed by atoms with Crippen LogP contribution in [0.4, 0.5) is 0 Å². The number of aromatic nitrogens is 1. The van der Waals surface area contributed by atoms with Gasteiger partial charge < -0.3 is 9.84 Å². The van der Waals surface area contributed by atoms with Crippen LogP contribution in [0.15, 0.2) is 4.52 Å². The van der Waals surface area contributed by atoms with Gasteiger partial charge in [0.2, 0.25) is 11.1 Å². The zero-order valence-electron chi connectivity index (χ0n) is 12.3. The third-order valence-corrected chi connectivity index (χ3v) is 4.25. The lowest BCUT2D eigenvalue weighted by atomic mass is 10.1. The number of carbonyl (C=O) groups is 1. The number of halogens is 1. The normalized spacial score (nSPS) is 16.4. The van der Waals surface area contributed by atoms with E-state index >= 15 is 0 Å². The SMILES string of the molecule is Cc1noc(Cl)c1CCC(=O)NCC(C)N(C)C1CC1. The van der Waals surface area contributed by atoms with E-state index in [1.165, 1.54) is 12.8 Å². The van der Waals surface area contributed by atoms with Gasteiger partial charge >= 0.3 is 0 Å². The molecule has 112 valence electrons. The molecule has 1 aromatic heterocycles. The molecule has 0 saturated heterocycles. The topological polar surface area (TPSA) is 58.4 Å². The summed E-state index contributed by atoms with van der Waals surface area (Å²) in [6.45, 7) is 4.65. The molecule has 0 spiro atoms. The number of rotatable bonds is 7. The molecule has 1 aliphatic carbocycles. The van der Waals surface area contributed by atoms with Crippen molar-refractivity contribution in [3.8, 4) is 0 Å². The molecule has 0 radical (unpaired) electrons. The van der Waals surface area contributed by atoms with Crippen molar-refractivity contribution < 1.29 is 9.32 Å². The highest BCUT2D eigenvalue weighted by Gasteiger charge is 2.29. The highest BCUT2D eigenvalue weighted by molar-refractivity contribution is 6.29. The Bertz CT molecular complexity index is 451. The average molecular weight is 300 g/mol.